The molecule has 0 aliphatic carbocycles. The van der Waals surface area contributed by atoms with Gasteiger partial charge in [-0.25, -0.2) is 9.59 Å². The van der Waals surface area contributed by atoms with E-state index in [-0.39, 0.29) is 36.4 Å². The second-order valence-electron chi connectivity index (χ2n) is 11.7. The normalized spacial score (nSPS) is 27.2. The summed E-state index contributed by atoms with van der Waals surface area (Å²) in [6, 6.07) is 19.3. The number of cyclic esters (lactones) is 1. The van der Waals surface area contributed by atoms with Gasteiger partial charge in [0.05, 0.1) is 11.8 Å². The third kappa shape index (κ3) is 4.80. The number of esters is 1. The molecule has 2 aromatic carbocycles. The molecule has 1 amide bonds. The van der Waals surface area contributed by atoms with E-state index in [0.29, 0.717) is 13.0 Å². The molecule has 3 aliphatic rings. The average molecular weight is 521 g/mol. The highest BCUT2D eigenvalue weighted by Crippen LogP contribution is 2.50. The summed E-state index contributed by atoms with van der Waals surface area (Å²) in [5.74, 6) is 0.475. The first kappa shape index (κ1) is 25.5. The number of carbonyl (C=O) groups is 2. The van der Waals surface area contributed by atoms with Gasteiger partial charge in [0.15, 0.2) is 0 Å². The Morgan fingerprint density at radius 3 is 2.38 bits per heavy atom. The zero-order valence-corrected chi connectivity index (χ0v) is 23.3. The van der Waals surface area contributed by atoms with E-state index in [2.05, 4.69) is 33.9 Å². The van der Waals surface area contributed by atoms with E-state index in [9.17, 15) is 9.59 Å². The molecule has 2 fully saturated rings. The Bertz CT molecular complexity index is 1190. The van der Waals surface area contributed by atoms with Crippen LogP contribution in [-0.4, -0.2) is 55.0 Å². The van der Waals surface area contributed by atoms with Crippen LogP contribution in [0.3, 0.4) is 0 Å². The molecule has 5 rings (SSSR count). The van der Waals surface area contributed by atoms with E-state index < -0.39 is 20.0 Å². The molecule has 0 radical (unpaired) electrons. The van der Waals surface area contributed by atoms with Crippen molar-refractivity contribution in [2.75, 3.05) is 13.2 Å². The molecule has 37 heavy (non-hydrogen) atoms. The Hall–Kier alpha value is -3.10. The van der Waals surface area contributed by atoms with E-state index in [1.54, 1.807) is 4.90 Å². The third-order valence-corrected chi connectivity index (χ3v) is 12.5. The van der Waals surface area contributed by atoms with Crippen LogP contribution >= 0.6 is 0 Å². The van der Waals surface area contributed by atoms with Crippen LogP contribution in [0.5, 0.6) is 0 Å². The molecule has 0 aromatic heterocycles. The zero-order chi connectivity index (χ0) is 26.4. The van der Waals surface area contributed by atoms with Gasteiger partial charge < -0.3 is 13.9 Å². The summed E-state index contributed by atoms with van der Waals surface area (Å²) in [5.41, 5.74) is 1.08. The molecule has 0 N–H and O–H groups in total. The number of nitrogens with zero attached hydrogens (tertiary/aromatic N) is 2. The first-order valence-corrected chi connectivity index (χ1v) is 15.8. The summed E-state index contributed by atoms with van der Waals surface area (Å²) in [6.45, 7) is 11.9. The van der Waals surface area contributed by atoms with Gasteiger partial charge in [0.1, 0.15) is 24.9 Å². The maximum absolute atomic E-state index is 13.6. The van der Waals surface area contributed by atoms with E-state index in [1.807, 2.05) is 71.6 Å². The minimum atomic E-state index is -2.18. The number of carbonyl (C=O) groups excluding carboxylic acids is 2. The van der Waals surface area contributed by atoms with Gasteiger partial charge in [-0.1, -0.05) is 81.4 Å². The summed E-state index contributed by atoms with van der Waals surface area (Å²) < 4.78 is 18.1. The largest absolute Gasteiger partial charge is 0.547 e. The van der Waals surface area contributed by atoms with Crippen LogP contribution in [0.4, 0.5) is 4.79 Å². The Morgan fingerprint density at radius 1 is 1.08 bits per heavy atom. The Labute approximate surface area is 220 Å². The topological polar surface area (TPSA) is 68.1 Å². The Kier molecular flexibility index (Phi) is 6.44. The van der Waals surface area contributed by atoms with Crippen LogP contribution in [0.25, 0.3) is 0 Å². The molecule has 0 spiro atoms. The molecule has 7 nitrogen and oxygen atoms in total. The van der Waals surface area contributed by atoms with E-state index in [1.165, 1.54) is 0 Å². The predicted octanol–water partition coefficient (Wildman–Crippen LogP) is 5.61. The van der Waals surface area contributed by atoms with E-state index >= 15 is 0 Å². The number of amides is 1. The molecule has 2 aromatic rings. The van der Waals surface area contributed by atoms with Gasteiger partial charge in [0.25, 0.3) is 0 Å². The van der Waals surface area contributed by atoms with Gasteiger partial charge in [0.2, 0.25) is 8.32 Å². The van der Waals surface area contributed by atoms with Crippen LogP contribution in [-0.2, 0) is 25.3 Å². The fraction of sp³-hybridized carbons (Fsp3) is 0.448. The quantitative estimate of drug-likeness (QED) is 0.268. The van der Waals surface area contributed by atoms with Crippen molar-refractivity contribution in [1.82, 2.24) is 9.80 Å². The molecular weight excluding hydrogens is 484 g/mol. The fourth-order valence-electron chi connectivity index (χ4n) is 4.90. The van der Waals surface area contributed by atoms with Gasteiger partial charge in [-0.2, -0.15) is 0 Å². The van der Waals surface area contributed by atoms with Gasteiger partial charge in [-0.15, -0.1) is 0 Å². The smallest absolute Gasteiger partial charge is 0.412 e. The number of hydrogen-bond donors (Lipinski definition) is 0. The molecule has 3 heterocycles. The van der Waals surface area contributed by atoms with Crippen LogP contribution in [0, 0.1) is 0 Å². The monoisotopic (exact) mass is 520 g/mol. The molecule has 196 valence electrons. The summed E-state index contributed by atoms with van der Waals surface area (Å²) in [6.07, 6.45) is 1.60. The number of hydrogen-bond acceptors (Lipinski definition) is 6. The van der Waals surface area contributed by atoms with Gasteiger partial charge >= 0.3 is 12.1 Å². The minimum Gasteiger partial charge on any atom is -0.547 e. The van der Waals surface area contributed by atoms with E-state index in [0.717, 1.165) is 16.9 Å². The first-order valence-electron chi connectivity index (χ1n) is 12.9. The molecule has 8 heteroatoms. The number of ether oxygens (including phenoxy) is 2. The lowest BCUT2D eigenvalue weighted by atomic mass is 10.00. The SMILES string of the molecule is CC(C)(C)[Si](C)(C)OC1=C[C@@H](N2C(=O)OC[C@H]2c2ccccc2)N2C[C@@]2(C(=O)OCc2ccccc2)C1. The lowest BCUT2D eigenvalue weighted by molar-refractivity contribution is -0.150. The number of rotatable bonds is 7. The second kappa shape index (κ2) is 9.33. The fourth-order valence-corrected chi connectivity index (χ4v) is 6.01. The number of fused-ring (bicyclic) bond motifs is 1. The van der Waals surface area contributed by atoms with Gasteiger partial charge in [-0.05, 0) is 35.3 Å². The maximum atomic E-state index is 13.6. The molecule has 3 aliphatic heterocycles. The standard InChI is InChI=1S/C29H36N2O5Si/c1-28(2,3)37(4,5)36-23-16-25(31-24(19-35-27(31)33)22-14-10-7-11-15-22)30-20-29(30,17-23)26(32)34-18-21-12-8-6-9-13-21/h6-16,24-25H,17-20H2,1-5H3/t24-,25+,29+,30?/m0/s1. The first-order chi connectivity index (χ1) is 17.5. The van der Waals surface area contributed by atoms with Crippen LogP contribution in [0.2, 0.25) is 18.1 Å². The van der Waals surface area contributed by atoms with Crippen LogP contribution < -0.4 is 0 Å². The molecular formula is C29H36N2O5Si. The zero-order valence-electron chi connectivity index (χ0n) is 22.3. The van der Waals surface area contributed by atoms with Gasteiger partial charge in [0, 0.05) is 13.0 Å². The highest BCUT2D eigenvalue weighted by atomic mass is 28.4. The molecule has 0 bridgehead atoms. The van der Waals surface area contributed by atoms with Crippen LogP contribution in [0.15, 0.2) is 72.5 Å². The van der Waals surface area contributed by atoms with Crippen molar-refractivity contribution in [3.05, 3.63) is 83.6 Å². The van der Waals surface area contributed by atoms with Crippen molar-refractivity contribution in [3.63, 3.8) is 0 Å². The molecule has 2 saturated heterocycles. The Balaban J connectivity index is 1.45. The highest BCUT2D eigenvalue weighted by Gasteiger charge is 2.66. The predicted molar refractivity (Wildman–Crippen MR) is 143 cm³/mol. The average Bonchev–Trinajstić information content (AvgIpc) is 3.49. The van der Waals surface area contributed by atoms with Crippen molar-refractivity contribution in [1.29, 1.82) is 0 Å². The summed E-state index contributed by atoms with van der Waals surface area (Å²) >= 11 is 0. The number of benzene rings is 2. The van der Waals surface area contributed by atoms with Crippen molar-refractivity contribution < 1.29 is 23.5 Å². The van der Waals surface area contributed by atoms with Crippen LogP contribution in [0.1, 0.15) is 44.4 Å². The molecule has 0 saturated carbocycles. The maximum Gasteiger partial charge on any atom is 0.412 e. The van der Waals surface area contributed by atoms with Crippen molar-refractivity contribution in [2.45, 2.75) is 69.7 Å². The summed E-state index contributed by atoms with van der Waals surface area (Å²) in [5, 5.41) is -0.00977. The lowest BCUT2D eigenvalue weighted by Gasteiger charge is -2.41. The van der Waals surface area contributed by atoms with Crippen molar-refractivity contribution in [3.8, 4) is 0 Å². The summed E-state index contributed by atoms with van der Waals surface area (Å²) in [4.78, 5) is 30.4. The highest BCUT2D eigenvalue weighted by molar-refractivity contribution is 6.74. The van der Waals surface area contributed by atoms with E-state index in [4.69, 9.17) is 13.9 Å². The Morgan fingerprint density at radius 2 is 1.73 bits per heavy atom. The second-order valence-corrected chi connectivity index (χ2v) is 16.4. The lowest BCUT2D eigenvalue weighted by Crippen LogP contribution is -2.50. The van der Waals surface area contributed by atoms with Gasteiger partial charge in [-0.3, -0.25) is 9.80 Å². The molecule has 4 atom stereocenters. The summed E-state index contributed by atoms with van der Waals surface area (Å²) in [7, 11) is -2.18. The van der Waals surface area contributed by atoms with Crippen molar-refractivity contribution in [2.24, 2.45) is 0 Å². The third-order valence-electron chi connectivity index (χ3n) is 8.16. The minimum absolute atomic E-state index is 0.00977. The van der Waals surface area contributed by atoms with Crippen molar-refractivity contribution >= 4 is 20.4 Å². The molecule has 1 unspecified atom stereocenters.